The first-order chi connectivity index (χ1) is 15.7. The van der Waals surface area contributed by atoms with Crippen molar-refractivity contribution in [2.75, 3.05) is 31.2 Å². The summed E-state index contributed by atoms with van der Waals surface area (Å²) in [6.45, 7) is 10.8. The van der Waals surface area contributed by atoms with Crippen LogP contribution in [0.1, 0.15) is 39.2 Å². The number of hydrazone groups is 1. The van der Waals surface area contributed by atoms with Crippen molar-refractivity contribution in [2.24, 2.45) is 10.8 Å². The number of nitrogens with two attached hydrogens (primary N) is 1. The molecule has 2 aliphatic rings. The van der Waals surface area contributed by atoms with E-state index in [0.29, 0.717) is 48.8 Å². The molecular formula is C22H31N5O4S2. The van der Waals surface area contributed by atoms with E-state index in [1.54, 1.807) is 24.8 Å². The fourth-order valence-corrected chi connectivity index (χ4v) is 6.20. The van der Waals surface area contributed by atoms with Gasteiger partial charge in [0.25, 0.3) is 5.91 Å². The lowest BCUT2D eigenvalue weighted by molar-refractivity contribution is -0.118. The Hall–Kier alpha value is -2.50. The van der Waals surface area contributed by atoms with Gasteiger partial charge in [0.15, 0.2) is 5.84 Å². The average molecular weight is 494 g/mol. The second kappa shape index (κ2) is 10.6. The largest absolute Gasteiger partial charge is 0.493 e. The number of hydrogen-bond acceptors (Lipinski definition) is 8. The van der Waals surface area contributed by atoms with Crippen LogP contribution in [0.3, 0.4) is 0 Å². The molecule has 2 heterocycles. The van der Waals surface area contributed by atoms with Crippen LogP contribution in [0.4, 0.5) is 0 Å². The monoisotopic (exact) mass is 493 g/mol. The third kappa shape index (κ3) is 5.36. The molecule has 1 aromatic carbocycles. The summed E-state index contributed by atoms with van der Waals surface area (Å²) in [6, 6.07) is 4.63. The molecule has 3 rings (SSSR count). The van der Waals surface area contributed by atoms with E-state index in [4.69, 9.17) is 10.5 Å². The second-order valence-corrected chi connectivity index (χ2v) is 10.8. The highest BCUT2D eigenvalue weighted by Gasteiger charge is 2.32. The zero-order chi connectivity index (χ0) is 24.2. The zero-order valence-corrected chi connectivity index (χ0v) is 20.9. The predicted molar refractivity (Wildman–Crippen MR) is 131 cm³/mol. The zero-order valence-electron chi connectivity index (χ0n) is 19.3. The third-order valence-corrected chi connectivity index (χ3v) is 8.02. The Labute approximate surface area is 199 Å². The van der Waals surface area contributed by atoms with Crippen molar-refractivity contribution in [3.63, 3.8) is 0 Å². The molecule has 33 heavy (non-hydrogen) atoms. The van der Waals surface area contributed by atoms with Crippen LogP contribution in [0.2, 0.25) is 0 Å². The van der Waals surface area contributed by atoms with E-state index in [1.807, 2.05) is 13.8 Å². The number of carbonyl (C=O) groups excluding carboxylic acids is 1. The topological polar surface area (TPSA) is 117 Å². The number of amides is 1. The van der Waals surface area contributed by atoms with Gasteiger partial charge in [0.05, 0.1) is 17.1 Å². The van der Waals surface area contributed by atoms with Crippen molar-refractivity contribution in [1.29, 1.82) is 0 Å². The number of amidine groups is 1. The number of sulfonamides is 1. The predicted octanol–water partition coefficient (Wildman–Crippen LogP) is 2.42. The first-order valence-corrected chi connectivity index (χ1v) is 13.5. The summed E-state index contributed by atoms with van der Waals surface area (Å²) in [7, 11) is -3.69. The summed E-state index contributed by atoms with van der Waals surface area (Å²) in [5, 5.41) is 8.77. The van der Waals surface area contributed by atoms with Gasteiger partial charge in [0.2, 0.25) is 10.0 Å². The van der Waals surface area contributed by atoms with Crippen LogP contribution in [0.5, 0.6) is 5.75 Å². The molecule has 9 nitrogen and oxygen atoms in total. The maximum Gasteiger partial charge on any atom is 0.277 e. The van der Waals surface area contributed by atoms with Gasteiger partial charge in [-0.2, -0.15) is 16.1 Å². The van der Waals surface area contributed by atoms with Crippen LogP contribution in [-0.2, 0) is 14.8 Å². The lowest BCUT2D eigenvalue weighted by Crippen LogP contribution is -2.44. The number of benzene rings is 1. The van der Waals surface area contributed by atoms with E-state index in [2.05, 4.69) is 17.0 Å². The molecule has 0 atom stereocenters. The van der Waals surface area contributed by atoms with Crippen LogP contribution in [0.25, 0.3) is 0 Å². The summed E-state index contributed by atoms with van der Waals surface area (Å²) in [5.74, 6) is 1.67. The smallest absolute Gasteiger partial charge is 0.277 e. The fourth-order valence-electron chi connectivity index (χ4n) is 3.60. The molecular weight excluding hydrogens is 462 g/mol. The van der Waals surface area contributed by atoms with Crippen molar-refractivity contribution in [3.8, 4) is 5.75 Å². The summed E-state index contributed by atoms with van der Waals surface area (Å²) in [4.78, 5) is 13.1. The number of hydrogen-bond donors (Lipinski definition) is 2. The van der Waals surface area contributed by atoms with Crippen molar-refractivity contribution in [2.45, 2.75) is 38.5 Å². The van der Waals surface area contributed by atoms with Crippen LogP contribution in [-0.4, -0.2) is 60.7 Å². The standard InChI is InChI=1S/C22H31N5O4S2/c1-5-7-15(3)27-20(16(4)23)22(28)24-21(25-27)18-14-17(8-9-19(18)31-6-2)33(29,30)26-10-12-32-13-11-26/h8-9,14H,3,5-7,10-13,23H2,1-2,4H3,(H,24,25,28)/b20-16-. The van der Waals surface area contributed by atoms with Crippen LogP contribution in [0.15, 0.2) is 51.9 Å². The number of nitrogens with one attached hydrogen (secondary N) is 1. The molecule has 0 unspecified atom stereocenters. The molecule has 11 heteroatoms. The van der Waals surface area contributed by atoms with Crippen LogP contribution < -0.4 is 15.8 Å². The normalized spacial score (nSPS) is 19.1. The Morgan fingerprint density at radius 3 is 2.61 bits per heavy atom. The minimum atomic E-state index is -3.69. The molecule has 0 aliphatic carbocycles. The van der Waals surface area contributed by atoms with Gasteiger partial charge in [0, 0.05) is 36.0 Å². The number of allylic oxidation sites excluding steroid dienone is 2. The first-order valence-electron chi connectivity index (χ1n) is 10.9. The molecule has 1 saturated heterocycles. The van der Waals surface area contributed by atoms with E-state index in [0.717, 1.165) is 17.9 Å². The SMILES string of the molecule is C=C(CCC)N1N=C(c2cc(S(=O)(=O)N3CCSCC3)ccc2OCC)NC(=O)/C1=C(\C)N. The molecule has 0 bridgehead atoms. The van der Waals surface area contributed by atoms with Gasteiger partial charge >= 0.3 is 0 Å². The van der Waals surface area contributed by atoms with Crippen LogP contribution in [0, 0.1) is 0 Å². The van der Waals surface area contributed by atoms with Crippen molar-refractivity contribution in [3.05, 3.63) is 47.4 Å². The number of ether oxygens (including phenoxy) is 1. The van der Waals surface area contributed by atoms with E-state index < -0.39 is 15.9 Å². The molecule has 0 radical (unpaired) electrons. The molecule has 180 valence electrons. The van der Waals surface area contributed by atoms with Crippen LogP contribution >= 0.6 is 11.8 Å². The summed E-state index contributed by atoms with van der Waals surface area (Å²) < 4.78 is 33.7. The van der Waals surface area contributed by atoms with Gasteiger partial charge < -0.3 is 15.8 Å². The Morgan fingerprint density at radius 2 is 2.00 bits per heavy atom. The summed E-state index contributed by atoms with van der Waals surface area (Å²) in [5.41, 5.74) is 7.45. The van der Waals surface area contributed by atoms with Crippen molar-refractivity contribution < 1.29 is 17.9 Å². The van der Waals surface area contributed by atoms with Gasteiger partial charge in [-0.25, -0.2) is 13.4 Å². The minimum Gasteiger partial charge on any atom is -0.493 e. The van der Waals surface area contributed by atoms with E-state index in [1.165, 1.54) is 21.4 Å². The Morgan fingerprint density at radius 1 is 1.30 bits per heavy atom. The Balaban J connectivity index is 2.12. The highest BCUT2D eigenvalue weighted by atomic mass is 32.2. The van der Waals surface area contributed by atoms with Gasteiger partial charge in [-0.05, 0) is 38.5 Å². The summed E-state index contributed by atoms with van der Waals surface area (Å²) in [6.07, 6.45) is 1.42. The van der Waals surface area contributed by atoms with E-state index in [-0.39, 0.29) is 16.4 Å². The molecule has 3 N–H and O–H groups in total. The lowest BCUT2D eigenvalue weighted by Gasteiger charge is -2.30. The maximum absolute atomic E-state index is 13.3. The Kier molecular flexibility index (Phi) is 8.09. The van der Waals surface area contributed by atoms with Gasteiger partial charge in [-0.15, -0.1) is 5.10 Å². The number of nitrogens with zero attached hydrogens (tertiary/aromatic N) is 3. The highest BCUT2D eigenvalue weighted by Crippen LogP contribution is 2.29. The first kappa shape index (κ1) is 25.1. The van der Waals surface area contributed by atoms with Gasteiger partial charge in [-0.3, -0.25) is 4.79 Å². The minimum absolute atomic E-state index is 0.125. The second-order valence-electron chi connectivity index (χ2n) is 7.67. The maximum atomic E-state index is 13.3. The lowest BCUT2D eigenvalue weighted by atomic mass is 10.1. The highest BCUT2D eigenvalue weighted by molar-refractivity contribution is 7.99. The molecule has 0 spiro atoms. The molecule has 0 aromatic heterocycles. The Bertz CT molecular complexity index is 1090. The number of thioether (sulfide) groups is 1. The van der Waals surface area contributed by atoms with E-state index in [9.17, 15) is 13.2 Å². The number of rotatable bonds is 8. The quantitative estimate of drug-likeness (QED) is 0.534. The van der Waals surface area contributed by atoms with Gasteiger partial charge in [-0.1, -0.05) is 19.9 Å². The fraction of sp³-hybridized carbons (Fsp3) is 0.455. The molecule has 1 aromatic rings. The molecule has 2 aliphatic heterocycles. The van der Waals surface area contributed by atoms with Crippen molar-refractivity contribution in [1.82, 2.24) is 14.6 Å². The molecule has 0 saturated carbocycles. The third-order valence-electron chi connectivity index (χ3n) is 5.18. The molecule has 1 amide bonds. The summed E-state index contributed by atoms with van der Waals surface area (Å²) >= 11 is 1.73. The van der Waals surface area contributed by atoms with Crippen molar-refractivity contribution >= 4 is 33.5 Å². The average Bonchev–Trinajstić information content (AvgIpc) is 2.79. The van der Waals surface area contributed by atoms with E-state index >= 15 is 0 Å². The number of carbonyl (C=O) groups is 1. The van der Waals surface area contributed by atoms with Gasteiger partial charge in [0.1, 0.15) is 11.4 Å². The molecule has 1 fully saturated rings.